The molecule has 2 rings (SSSR count). The van der Waals surface area contributed by atoms with Gasteiger partial charge in [0.1, 0.15) is 5.82 Å². The number of nitrogens with one attached hydrogen (secondary N) is 1. The van der Waals surface area contributed by atoms with Crippen molar-refractivity contribution < 1.29 is 9.31 Å². The van der Waals surface area contributed by atoms with E-state index in [4.69, 9.17) is 0 Å². The maximum Gasteiger partial charge on any atom is 0.269 e. The Hall–Kier alpha value is -1.53. The summed E-state index contributed by atoms with van der Waals surface area (Å²) in [5.41, 5.74) is 0.398. The van der Waals surface area contributed by atoms with E-state index in [0.717, 1.165) is 32.6 Å². The second-order valence-electron chi connectivity index (χ2n) is 5.89. The Bertz CT molecular complexity index is 502. The zero-order valence-electron chi connectivity index (χ0n) is 12.5. The highest BCUT2D eigenvalue weighted by Crippen LogP contribution is 2.32. The minimum Gasteiger partial charge on any atom is -0.314 e. The molecule has 1 heterocycles. The fourth-order valence-corrected chi connectivity index (χ4v) is 2.81. The molecule has 6 heteroatoms. The molecule has 1 aliphatic rings. The third-order valence-corrected chi connectivity index (χ3v) is 3.84. The SMILES string of the molecule is CC(C)C[C@H](c1cc([N+](=O)[O-])ccc1F)N1CCNCC1. The minimum absolute atomic E-state index is 0.0460. The molecule has 0 bridgehead atoms. The molecule has 0 unspecified atom stereocenters. The summed E-state index contributed by atoms with van der Waals surface area (Å²) in [6.07, 6.45) is 0.790. The number of halogens is 1. The van der Waals surface area contributed by atoms with Gasteiger partial charge in [0.2, 0.25) is 0 Å². The van der Waals surface area contributed by atoms with Gasteiger partial charge in [0.05, 0.1) is 4.92 Å². The fraction of sp³-hybridized carbons (Fsp3) is 0.600. The van der Waals surface area contributed by atoms with Crippen LogP contribution < -0.4 is 5.32 Å². The lowest BCUT2D eigenvalue weighted by molar-refractivity contribution is -0.385. The van der Waals surface area contributed by atoms with Crippen LogP contribution in [0.15, 0.2) is 18.2 Å². The molecule has 0 amide bonds. The van der Waals surface area contributed by atoms with Crippen molar-refractivity contribution >= 4 is 5.69 Å². The molecule has 0 radical (unpaired) electrons. The lowest BCUT2D eigenvalue weighted by Gasteiger charge is -2.36. The van der Waals surface area contributed by atoms with Crippen molar-refractivity contribution in [2.45, 2.75) is 26.3 Å². The maximum atomic E-state index is 14.2. The van der Waals surface area contributed by atoms with Crippen LogP contribution in [0, 0.1) is 21.8 Å². The van der Waals surface area contributed by atoms with Gasteiger partial charge in [0.15, 0.2) is 0 Å². The Labute approximate surface area is 124 Å². The van der Waals surface area contributed by atoms with E-state index in [1.54, 1.807) is 0 Å². The van der Waals surface area contributed by atoms with Gasteiger partial charge in [-0.1, -0.05) is 13.8 Å². The summed E-state index contributed by atoms with van der Waals surface area (Å²) in [6.45, 7) is 7.57. The molecule has 0 saturated carbocycles. The number of nitro groups is 1. The van der Waals surface area contributed by atoms with Gasteiger partial charge in [-0.25, -0.2) is 4.39 Å². The van der Waals surface area contributed by atoms with Crippen LogP contribution in [0.5, 0.6) is 0 Å². The van der Waals surface area contributed by atoms with Crippen LogP contribution in [-0.4, -0.2) is 36.0 Å². The third kappa shape index (κ3) is 3.98. The first-order valence-corrected chi connectivity index (χ1v) is 7.37. The zero-order valence-corrected chi connectivity index (χ0v) is 12.5. The van der Waals surface area contributed by atoms with E-state index in [1.165, 1.54) is 18.2 Å². The van der Waals surface area contributed by atoms with Crippen molar-refractivity contribution in [2.75, 3.05) is 26.2 Å². The molecule has 0 spiro atoms. The van der Waals surface area contributed by atoms with Gasteiger partial charge >= 0.3 is 0 Å². The molecule has 0 aromatic heterocycles. The molecule has 0 aliphatic carbocycles. The predicted molar refractivity (Wildman–Crippen MR) is 79.7 cm³/mol. The standard InChI is InChI=1S/C15H22FN3O2/c1-11(2)9-15(18-7-5-17-6-8-18)13-10-12(19(20)21)3-4-14(13)16/h3-4,10-11,15,17H,5-9H2,1-2H3/t15-/m1/s1. The highest BCUT2D eigenvalue weighted by Gasteiger charge is 2.27. The van der Waals surface area contributed by atoms with Crippen LogP contribution >= 0.6 is 0 Å². The number of benzene rings is 1. The highest BCUT2D eigenvalue weighted by atomic mass is 19.1. The number of piperazine rings is 1. The molecule has 1 aliphatic heterocycles. The van der Waals surface area contributed by atoms with Gasteiger partial charge < -0.3 is 5.32 Å². The Morgan fingerprint density at radius 3 is 2.62 bits per heavy atom. The second kappa shape index (κ2) is 6.95. The lowest BCUT2D eigenvalue weighted by atomic mass is 9.94. The first-order valence-electron chi connectivity index (χ1n) is 7.37. The quantitative estimate of drug-likeness (QED) is 0.670. The first kappa shape index (κ1) is 15.9. The van der Waals surface area contributed by atoms with Gasteiger partial charge in [-0.05, 0) is 18.4 Å². The van der Waals surface area contributed by atoms with Crippen LogP contribution in [0.3, 0.4) is 0 Å². The Morgan fingerprint density at radius 1 is 1.38 bits per heavy atom. The average molecular weight is 295 g/mol. The third-order valence-electron chi connectivity index (χ3n) is 3.84. The molecule has 5 nitrogen and oxygen atoms in total. The van der Waals surface area contributed by atoms with Crippen molar-refractivity contribution in [3.05, 3.63) is 39.7 Å². The van der Waals surface area contributed by atoms with Crippen LogP contribution in [0.4, 0.5) is 10.1 Å². The first-order chi connectivity index (χ1) is 9.99. The molecule has 1 aromatic rings. The topological polar surface area (TPSA) is 58.4 Å². The lowest BCUT2D eigenvalue weighted by Crippen LogP contribution is -2.45. The normalized spacial score (nSPS) is 17.9. The van der Waals surface area contributed by atoms with E-state index in [-0.39, 0.29) is 17.5 Å². The monoisotopic (exact) mass is 295 g/mol. The Kier molecular flexibility index (Phi) is 5.25. The second-order valence-corrected chi connectivity index (χ2v) is 5.89. The molecule has 1 fully saturated rings. The molecule has 1 aromatic carbocycles. The largest absolute Gasteiger partial charge is 0.314 e. The predicted octanol–water partition coefficient (Wildman–Crippen LogP) is 2.73. The Balaban J connectivity index is 2.34. The number of nitro benzene ring substituents is 1. The van der Waals surface area contributed by atoms with Gasteiger partial charge in [-0.15, -0.1) is 0 Å². The number of hydrogen-bond acceptors (Lipinski definition) is 4. The molecule has 1 saturated heterocycles. The smallest absolute Gasteiger partial charge is 0.269 e. The number of non-ortho nitro benzene ring substituents is 1. The Morgan fingerprint density at radius 2 is 2.05 bits per heavy atom. The molecule has 1 atom stereocenters. The summed E-state index contributed by atoms with van der Waals surface area (Å²) in [5.74, 6) is 0.0355. The van der Waals surface area contributed by atoms with Crippen LogP contribution in [0.25, 0.3) is 0 Å². The van der Waals surface area contributed by atoms with Gasteiger partial charge in [-0.3, -0.25) is 15.0 Å². The summed E-state index contributed by atoms with van der Waals surface area (Å²) >= 11 is 0. The zero-order chi connectivity index (χ0) is 15.4. The minimum atomic E-state index is -0.465. The van der Waals surface area contributed by atoms with E-state index in [9.17, 15) is 14.5 Å². The van der Waals surface area contributed by atoms with E-state index in [1.807, 2.05) is 0 Å². The number of rotatable bonds is 5. The summed E-state index contributed by atoms with van der Waals surface area (Å²) in [7, 11) is 0. The number of hydrogen-bond donors (Lipinski definition) is 1. The molecule has 21 heavy (non-hydrogen) atoms. The van der Waals surface area contributed by atoms with Gasteiger partial charge in [0, 0.05) is 49.9 Å². The van der Waals surface area contributed by atoms with Crippen molar-refractivity contribution in [2.24, 2.45) is 5.92 Å². The summed E-state index contributed by atoms with van der Waals surface area (Å²) in [6, 6.07) is 3.73. The van der Waals surface area contributed by atoms with Crippen molar-refractivity contribution in [3.8, 4) is 0 Å². The molecular weight excluding hydrogens is 273 g/mol. The fourth-order valence-electron chi connectivity index (χ4n) is 2.81. The van der Waals surface area contributed by atoms with Gasteiger partial charge in [-0.2, -0.15) is 0 Å². The highest BCUT2D eigenvalue weighted by molar-refractivity contribution is 5.37. The summed E-state index contributed by atoms with van der Waals surface area (Å²) in [5, 5.41) is 14.2. The molecule has 116 valence electrons. The van der Waals surface area contributed by atoms with Crippen LogP contribution in [0.2, 0.25) is 0 Å². The van der Waals surface area contributed by atoms with Gasteiger partial charge in [0.25, 0.3) is 5.69 Å². The van der Waals surface area contributed by atoms with Crippen molar-refractivity contribution in [1.82, 2.24) is 10.2 Å². The van der Waals surface area contributed by atoms with E-state index >= 15 is 0 Å². The van der Waals surface area contributed by atoms with E-state index < -0.39 is 4.92 Å². The molecular formula is C15H22FN3O2. The summed E-state index contributed by atoms with van der Waals surface area (Å²) in [4.78, 5) is 12.7. The molecule has 1 N–H and O–H groups in total. The van der Waals surface area contributed by atoms with Crippen molar-refractivity contribution in [1.29, 1.82) is 0 Å². The van der Waals surface area contributed by atoms with E-state index in [0.29, 0.717) is 11.5 Å². The summed E-state index contributed by atoms with van der Waals surface area (Å²) < 4.78 is 14.2. The van der Waals surface area contributed by atoms with E-state index in [2.05, 4.69) is 24.1 Å². The van der Waals surface area contributed by atoms with Crippen molar-refractivity contribution in [3.63, 3.8) is 0 Å². The van der Waals surface area contributed by atoms with Crippen LogP contribution in [-0.2, 0) is 0 Å². The van der Waals surface area contributed by atoms with Crippen LogP contribution in [0.1, 0.15) is 31.9 Å². The maximum absolute atomic E-state index is 14.2. The number of nitrogens with zero attached hydrogens (tertiary/aromatic N) is 2. The average Bonchev–Trinajstić information content (AvgIpc) is 2.46.